The molecule has 584 valence electrons. The van der Waals surface area contributed by atoms with Crippen molar-refractivity contribution in [3.8, 4) is 5.75 Å². The Hall–Kier alpha value is -9.49. The summed E-state index contributed by atoms with van der Waals surface area (Å²) in [6.45, 7) is 0.222. The lowest BCUT2D eigenvalue weighted by molar-refractivity contribution is -0.148. The number of nitrogens with one attached hydrogen (secondary N) is 11. The molecule has 15 atom stereocenters. The molecule has 16 amide bonds. The van der Waals surface area contributed by atoms with E-state index in [4.69, 9.17) is 17.2 Å². The molecule has 0 unspecified atom stereocenters. The maximum atomic E-state index is 15.0. The molecule has 5 saturated heterocycles. The first kappa shape index (κ1) is 84.8. The summed E-state index contributed by atoms with van der Waals surface area (Å²) < 4.78 is 0. The molecular formula is C65H89N17O21S4. The third kappa shape index (κ3) is 24.3. The molecule has 2 bridgehead atoms. The van der Waals surface area contributed by atoms with Gasteiger partial charge in [-0.3, -0.25) is 81.5 Å². The highest BCUT2D eigenvalue weighted by Crippen LogP contribution is 2.30. The molecule has 0 radical (unpaired) electrons. The summed E-state index contributed by atoms with van der Waals surface area (Å²) in [4.78, 5) is 243. The third-order valence-corrected chi connectivity index (χ3v) is 22.8. The molecule has 42 heteroatoms. The molecule has 2 aromatic carbocycles. The zero-order valence-electron chi connectivity index (χ0n) is 58.2. The van der Waals surface area contributed by atoms with Crippen LogP contribution >= 0.6 is 43.2 Å². The molecule has 0 aliphatic carbocycles. The summed E-state index contributed by atoms with van der Waals surface area (Å²) in [5.74, 6) is -20.5. The van der Waals surface area contributed by atoms with Gasteiger partial charge in [-0.15, -0.1) is 0 Å². The fraction of sp³-hybridized carbons (Fsp3) is 0.554. The number of amides is 16. The van der Waals surface area contributed by atoms with E-state index in [1.807, 2.05) is 0 Å². The second kappa shape index (κ2) is 40.5. The second-order valence-electron chi connectivity index (χ2n) is 25.9. The minimum absolute atomic E-state index is 0.00468. The lowest BCUT2D eigenvalue weighted by Crippen LogP contribution is -2.62. The summed E-state index contributed by atoms with van der Waals surface area (Å²) in [6, 6.07) is -9.48. The fourth-order valence-corrected chi connectivity index (χ4v) is 16.9. The molecular weight excluding hydrogens is 1480 g/mol. The van der Waals surface area contributed by atoms with Crippen molar-refractivity contribution >= 4 is 144 Å². The highest BCUT2D eigenvalue weighted by Gasteiger charge is 2.46. The van der Waals surface area contributed by atoms with E-state index >= 15 is 9.59 Å². The molecule has 2 aromatic rings. The van der Waals surface area contributed by atoms with Crippen molar-refractivity contribution in [1.29, 1.82) is 0 Å². The van der Waals surface area contributed by atoms with E-state index in [-0.39, 0.29) is 76.8 Å². The minimum atomic E-state index is -1.99. The van der Waals surface area contributed by atoms with Crippen LogP contribution in [0.15, 0.2) is 54.6 Å². The Kier molecular flexibility index (Phi) is 32.1. The molecule has 38 nitrogen and oxygen atoms in total. The van der Waals surface area contributed by atoms with Gasteiger partial charge in [0.2, 0.25) is 94.5 Å². The monoisotopic (exact) mass is 1570 g/mol. The van der Waals surface area contributed by atoms with E-state index in [2.05, 4.69) is 58.5 Å². The Labute approximate surface area is 628 Å². The van der Waals surface area contributed by atoms with Crippen molar-refractivity contribution in [3.05, 3.63) is 65.7 Å². The van der Waals surface area contributed by atoms with Crippen LogP contribution < -0.4 is 75.7 Å². The Morgan fingerprint density at radius 2 is 0.991 bits per heavy atom. The average Bonchev–Trinajstić information content (AvgIpc) is 1.68. The number of phenols is 1. The Morgan fingerprint density at radius 1 is 0.514 bits per heavy atom. The van der Waals surface area contributed by atoms with E-state index in [0.29, 0.717) is 11.1 Å². The van der Waals surface area contributed by atoms with Gasteiger partial charge in [-0.05, 0) is 75.6 Å². The Morgan fingerprint density at radius 3 is 1.56 bits per heavy atom. The topological polar surface area (TPSA) is 591 Å². The van der Waals surface area contributed by atoms with E-state index in [0.717, 1.165) is 55.0 Å². The highest BCUT2D eigenvalue weighted by atomic mass is 33.1. The molecule has 107 heavy (non-hydrogen) atoms. The first-order valence-corrected chi connectivity index (χ1v) is 39.2. The summed E-state index contributed by atoms with van der Waals surface area (Å²) >= 11 is 0. The van der Waals surface area contributed by atoms with Gasteiger partial charge < -0.3 is 111 Å². The summed E-state index contributed by atoms with van der Waals surface area (Å²) in [6.07, 6.45) is -3.71. The summed E-state index contributed by atoms with van der Waals surface area (Å²) in [5, 5.41) is 68.7. The molecule has 7 rings (SSSR count). The maximum absolute atomic E-state index is 15.0. The Bertz CT molecular complexity index is 3650. The number of aromatic hydroxyl groups is 1. The van der Waals surface area contributed by atoms with Gasteiger partial charge >= 0.3 is 5.97 Å². The van der Waals surface area contributed by atoms with Crippen LogP contribution in [0.3, 0.4) is 0 Å². The minimum Gasteiger partial charge on any atom is -0.508 e. The molecule has 0 aromatic heterocycles. The normalized spacial score (nSPS) is 28.5. The number of hydrogen-bond donors (Lipinski definition) is 18. The number of carboxylic acids is 1. The van der Waals surface area contributed by atoms with Crippen molar-refractivity contribution in [3.63, 3.8) is 0 Å². The third-order valence-electron chi connectivity index (χ3n) is 17.9. The van der Waals surface area contributed by atoms with Gasteiger partial charge in [0.15, 0.2) is 0 Å². The predicted molar refractivity (Wildman–Crippen MR) is 386 cm³/mol. The standard InChI is InChI=1S/C65H89N17O21S4/c1-31-53(91)79-51(32(2)84)62(100)74-39(23-48(67)86)64(102)80-18-6-11-45(80)60(98)72-37(24-50(88)89)55(93)76-41(52(68)90)27-104-106-29-43-59(97)75-40(26-83)56(94)73-38(22-34-14-16-35(85)17-15-34)63(101)82-20-8-13-47(82)65(103)81-19-7-12-46(81)61(99)78-44(30-107-105-28-42(57(95)77-43)70-49(87)25-66)58(96)71-36(54(92)69-31)21-33-9-4-3-5-10-33/h3-5,9-10,14-17,31-32,36-47,51,83-85H,6-8,11-13,18-30,66H2,1-2H3,(H2,67,86)(H2,68,90)(H,69,92)(H,70,87)(H,71,96)(H,72,98)(H,73,94)(H,74,100)(H,75,97)(H,76,93)(H,77,95)(H,78,99)(H,79,91)(H,88,89)/t31-,32+,36-,37-,38-,39-,40-,41-,42-,43-,44-,45-,46-,47-,51-/m0/s1. The van der Waals surface area contributed by atoms with E-state index < -0.39 is 240 Å². The number of phenolic OH excluding ortho intramolecular Hbond substituents is 1. The first-order chi connectivity index (χ1) is 50.9. The molecule has 5 aliphatic heterocycles. The number of aliphatic hydroxyl groups is 2. The number of rotatable bonds is 13. The van der Waals surface area contributed by atoms with Gasteiger partial charge in [-0.2, -0.15) is 0 Å². The van der Waals surface area contributed by atoms with E-state index in [1.165, 1.54) is 41.0 Å². The number of primary amides is 2. The molecule has 21 N–H and O–H groups in total. The van der Waals surface area contributed by atoms with Crippen LogP contribution in [0.2, 0.25) is 0 Å². The van der Waals surface area contributed by atoms with Crippen LogP contribution in [-0.4, -0.2) is 282 Å². The number of nitrogens with two attached hydrogens (primary N) is 3. The predicted octanol–water partition coefficient (Wildman–Crippen LogP) is -7.54. The summed E-state index contributed by atoms with van der Waals surface area (Å²) in [5.41, 5.74) is 17.8. The number of nitrogens with zero attached hydrogens (tertiary/aromatic N) is 3. The van der Waals surface area contributed by atoms with Gasteiger partial charge in [0, 0.05) is 55.5 Å². The highest BCUT2D eigenvalue weighted by molar-refractivity contribution is 8.77. The zero-order valence-corrected chi connectivity index (χ0v) is 61.5. The number of carbonyl (C=O) groups is 17. The van der Waals surface area contributed by atoms with Crippen LogP contribution in [0.25, 0.3) is 0 Å². The molecule has 0 saturated carbocycles. The van der Waals surface area contributed by atoms with Gasteiger partial charge in [0.05, 0.1) is 32.1 Å². The lowest BCUT2D eigenvalue weighted by atomic mass is 10.0. The van der Waals surface area contributed by atoms with Gasteiger partial charge in [-0.1, -0.05) is 85.6 Å². The molecule has 5 heterocycles. The number of carboxylic acid groups (broad SMARTS) is 1. The number of aliphatic hydroxyl groups excluding tert-OH is 2. The number of hydrogen-bond acceptors (Lipinski definition) is 25. The van der Waals surface area contributed by atoms with Crippen LogP contribution in [0.4, 0.5) is 0 Å². The van der Waals surface area contributed by atoms with Crippen LogP contribution in [0.1, 0.15) is 76.3 Å². The SMILES string of the molecule is C[C@@H]1NC(=O)[C@H](Cc2ccccc2)NC(=O)[C@@H]2CSSC[C@H](NC(=O)CN)C(=O)N[C@@H](CSSC[C@@H](C(N)=O)NC(=O)[C@H](CC(=O)O)NC(=O)[C@@H]3CCCN3C(=O)[C@H](CC(N)=O)NC(=O)[C@H]([C@@H](C)O)NC1=O)C(=O)N[C@@H](CO)C(=O)N[C@@H](Cc1ccc(O)cc1)C(=O)N1CCC[C@H]1C(=O)N1CCC[C@H]1C(=O)N2. The van der Waals surface area contributed by atoms with Gasteiger partial charge in [0.1, 0.15) is 90.3 Å². The first-order valence-electron chi connectivity index (χ1n) is 34.2. The van der Waals surface area contributed by atoms with Crippen molar-refractivity contribution in [2.75, 3.05) is 55.8 Å². The maximum Gasteiger partial charge on any atom is 0.305 e. The zero-order chi connectivity index (χ0) is 78.3. The largest absolute Gasteiger partial charge is 0.508 e. The average molecular weight is 1570 g/mol. The van der Waals surface area contributed by atoms with Crippen LogP contribution in [-0.2, 0) is 94.3 Å². The van der Waals surface area contributed by atoms with Crippen LogP contribution in [0.5, 0.6) is 5.75 Å². The number of aliphatic carboxylic acids is 1. The van der Waals surface area contributed by atoms with E-state index in [9.17, 15) is 92.3 Å². The number of fused-ring (bicyclic) bond motifs is 11. The van der Waals surface area contributed by atoms with Crippen molar-refractivity contribution in [2.24, 2.45) is 17.2 Å². The molecule has 0 spiro atoms. The van der Waals surface area contributed by atoms with Gasteiger partial charge in [0.25, 0.3) is 0 Å². The van der Waals surface area contributed by atoms with E-state index in [1.54, 1.807) is 30.3 Å². The Balaban J connectivity index is 1.32. The van der Waals surface area contributed by atoms with Crippen molar-refractivity contribution < 1.29 is 102 Å². The number of carbonyl (C=O) groups excluding carboxylic acids is 16. The number of benzene rings is 2. The smallest absolute Gasteiger partial charge is 0.305 e. The lowest BCUT2D eigenvalue weighted by Gasteiger charge is -2.33. The summed E-state index contributed by atoms with van der Waals surface area (Å²) in [7, 11) is 3.20. The second-order valence-corrected chi connectivity index (χ2v) is 31.0. The fourth-order valence-electron chi connectivity index (χ4n) is 12.3. The molecule has 5 aliphatic rings. The van der Waals surface area contributed by atoms with Gasteiger partial charge in [-0.25, -0.2) is 0 Å². The van der Waals surface area contributed by atoms with Crippen LogP contribution in [0, 0.1) is 0 Å². The van der Waals surface area contributed by atoms with Crippen molar-refractivity contribution in [2.45, 2.75) is 169 Å². The quantitative estimate of drug-likeness (QED) is 0.0829. The van der Waals surface area contributed by atoms with Crippen molar-refractivity contribution in [1.82, 2.24) is 73.2 Å². The molecule has 5 fully saturated rings.